The molecule has 2 rings (SSSR count). The number of hydrogen-bond acceptors (Lipinski definition) is 5. The second-order valence-electron chi connectivity index (χ2n) is 8.37. The number of anilines is 1. The van der Waals surface area contributed by atoms with Crippen LogP contribution in [0, 0.1) is 5.41 Å². The van der Waals surface area contributed by atoms with Gasteiger partial charge in [0.2, 0.25) is 17.7 Å². The van der Waals surface area contributed by atoms with Gasteiger partial charge in [-0.3, -0.25) is 14.4 Å². The van der Waals surface area contributed by atoms with E-state index in [1.807, 2.05) is 13.8 Å². The highest BCUT2D eigenvalue weighted by Gasteiger charge is 2.51. The molecule has 0 heterocycles. The molecule has 7 N–H and O–H groups in total. The monoisotopic (exact) mass is 447 g/mol. The van der Waals surface area contributed by atoms with Crippen molar-refractivity contribution in [3.8, 4) is 0 Å². The van der Waals surface area contributed by atoms with Gasteiger partial charge in [-0.25, -0.2) is 4.79 Å². The molecule has 1 fully saturated rings. The summed E-state index contributed by atoms with van der Waals surface area (Å²) >= 11 is 0. The first-order chi connectivity index (χ1) is 15.2. The van der Waals surface area contributed by atoms with Crippen molar-refractivity contribution in [2.24, 2.45) is 11.1 Å². The third kappa shape index (κ3) is 6.68. The Labute approximate surface area is 187 Å². The number of benzene rings is 1. The highest BCUT2D eigenvalue weighted by Crippen LogP contribution is 2.41. The van der Waals surface area contributed by atoms with Crippen molar-refractivity contribution in [3.63, 3.8) is 0 Å². The Morgan fingerprint density at radius 1 is 1.06 bits per heavy atom. The lowest BCUT2D eigenvalue weighted by Gasteiger charge is -2.39. The molecule has 0 aromatic heterocycles. The van der Waals surface area contributed by atoms with E-state index in [0.29, 0.717) is 30.5 Å². The fourth-order valence-electron chi connectivity index (χ4n) is 3.49. The van der Waals surface area contributed by atoms with Crippen LogP contribution in [0.2, 0.25) is 0 Å². The average Bonchev–Trinajstić information content (AvgIpc) is 2.69. The minimum atomic E-state index is -1.17. The third-order valence-corrected chi connectivity index (χ3v) is 5.49. The van der Waals surface area contributed by atoms with E-state index in [-0.39, 0.29) is 31.5 Å². The van der Waals surface area contributed by atoms with Gasteiger partial charge in [0, 0.05) is 18.3 Å². The van der Waals surface area contributed by atoms with Crippen LogP contribution in [0.4, 0.5) is 10.5 Å². The molecule has 10 heteroatoms. The van der Waals surface area contributed by atoms with E-state index in [1.165, 1.54) is 0 Å². The van der Waals surface area contributed by atoms with Crippen molar-refractivity contribution >= 4 is 29.4 Å². The molecule has 1 aromatic rings. The number of nitrogens with one attached hydrogen (secondary N) is 4. The summed E-state index contributed by atoms with van der Waals surface area (Å²) in [5.74, 6) is -1.24. The number of carbonyl (C=O) groups excluding carboxylic acids is 4. The van der Waals surface area contributed by atoms with Gasteiger partial charge in [-0.15, -0.1) is 0 Å². The van der Waals surface area contributed by atoms with Crippen LogP contribution in [0.5, 0.6) is 0 Å². The number of nitrogens with two attached hydrogens (primary N) is 1. The first-order valence-corrected chi connectivity index (χ1v) is 10.8. The maximum atomic E-state index is 13.1. The maximum absolute atomic E-state index is 13.1. The zero-order valence-electron chi connectivity index (χ0n) is 18.6. The summed E-state index contributed by atoms with van der Waals surface area (Å²) in [5.41, 5.74) is 5.11. The number of carbonyl (C=O) groups is 4. The quantitative estimate of drug-likeness (QED) is 0.217. The Hall–Kier alpha value is -3.14. The summed E-state index contributed by atoms with van der Waals surface area (Å²) in [6, 6.07) is 4.99. The Bertz CT molecular complexity index is 821. The molecule has 0 aliphatic heterocycles. The molecule has 5 amide bonds. The van der Waals surface area contributed by atoms with Gasteiger partial charge in [0.15, 0.2) is 0 Å². The molecule has 1 unspecified atom stereocenters. The fraction of sp³-hybridized carbons (Fsp3) is 0.545. The van der Waals surface area contributed by atoms with E-state index in [4.69, 9.17) is 10.8 Å². The summed E-state index contributed by atoms with van der Waals surface area (Å²) in [5, 5.41) is 19.9. The predicted octanol–water partition coefficient (Wildman–Crippen LogP) is 0.746. The Morgan fingerprint density at radius 3 is 2.19 bits per heavy atom. The van der Waals surface area contributed by atoms with E-state index in [0.717, 1.165) is 6.42 Å². The van der Waals surface area contributed by atoms with Crippen molar-refractivity contribution in [3.05, 3.63) is 29.8 Å². The van der Waals surface area contributed by atoms with Crippen LogP contribution in [-0.4, -0.2) is 47.5 Å². The molecule has 1 aromatic carbocycles. The van der Waals surface area contributed by atoms with E-state index >= 15 is 0 Å². The maximum Gasteiger partial charge on any atom is 0.312 e. The molecule has 0 radical (unpaired) electrons. The number of rotatable bonds is 11. The molecule has 1 saturated carbocycles. The Kier molecular flexibility index (Phi) is 9.01. The summed E-state index contributed by atoms with van der Waals surface area (Å²) in [7, 11) is 0. The van der Waals surface area contributed by atoms with Crippen LogP contribution in [0.1, 0.15) is 51.5 Å². The molecule has 1 atom stereocenters. The first-order valence-electron chi connectivity index (χ1n) is 10.8. The van der Waals surface area contributed by atoms with Gasteiger partial charge in [0.05, 0.1) is 6.61 Å². The second kappa shape index (κ2) is 11.5. The molecule has 1 aliphatic carbocycles. The number of aliphatic hydroxyl groups is 1. The zero-order valence-corrected chi connectivity index (χ0v) is 18.6. The minimum absolute atomic E-state index is 0.103. The van der Waals surface area contributed by atoms with E-state index in [1.54, 1.807) is 24.3 Å². The molecule has 0 saturated heterocycles. The van der Waals surface area contributed by atoms with Crippen LogP contribution in [0.3, 0.4) is 0 Å². The lowest BCUT2D eigenvalue weighted by molar-refractivity contribution is -0.151. The number of urea groups is 1. The van der Waals surface area contributed by atoms with Crippen LogP contribution in [0.25, 0.3) is 0 Å². The van der Waals surface area contributed by atoms with Gasteiger partial charge in [-0.2, -0.15) is 0 Å². The molecule has 10 nitrogen and oxygen atoms in total. The number of aliphatic hydroxyl groups excluding tert-OH is 1. The number of hydrogen-bond donors (Lipinski definition) is 6. The van der Waals surface area contributed by atoms with Gasteiger partial charge in [-0.1, -0.05) is 18.6 Å². The number of primary amides is 1. The Balaban J connectivity index is 2.10. The van der Waals surface area contributed by atoms with Gasteiger partial charge >= 0.3 is 6.03 Å². The van der Waals surface area contributed by atoms with Crippen LogP contribution in [0.15, 0.2) is 24.3 Å². The van der Waals surface area contributed by atoms with E-state index < -0.39 is 29.3 Å². The molecule has 0 spiro atoms. The molecule has 176 valence electrons. The second-order valence-corrected chi connectivity index (χ2v) is 8.37. The smallest absolute Gasteiger partial charge is 0.312 e. The van der Waals surface area contributed by atoms with Crippen LogP contribution < -0.4 is 27.0 Å². The van der Waals surface area contributed by atoms with Crippen molar-refractivity contribution in [1.82, 2.24) is 16.0 Å². The molecule has 0 bridgehead atoms. The van der Waals surface area contributed by atoms with Crippen LogP contribution in [-0.2, 0) is 21.0 Å². The first kappa shape index (κ1) is 25.1. The van der Waals surface area contributed by atoms with Crippen molar-refractivity contribution < 1.29 is 24.3 Å². The van der Waals surface area contributed by atoms with Gasteiger partial charge in [-0.05, 0) is 57.2 Å². The molecular formula is C22H33N5O5. The van der Waals surface area contributed by atoms with Crippen molar-refractivity contribution in [1.29, 1.82) is 0 Å². The molecule has 32 heavy (non-hydrogen) atoms. The van der Waals surface area contributed by atoms with Gasteiger partial charge in [0.1, 0.15) is 11.5 Å². The Morgan fingerprint density at radius 2 is 1.69 bits per heavy atom. The average molecular weight is 448 g/mol. The predicted molar refractivity (Wildman–Crippen MR) is 119 cm³/mol. The van der Waals surface area contributed by atoms with Gasteiger partial charge < -0.3 is 32.1 Å². The van der Waals surface area contributed by atoms with Crippen molar-refractivity contribution in [2.45, 2.75) is 64.6 Å². The summed E-state index contributed by atoms with van der Waals surface area (Å²) in [6.07, 6.45) is 2.26. The standard InChI is InChI=1S/C22H33N5O5/c1-14(2)25-19(30)22(10-4-11-22)20(31)27-17(5-3-12-24-21(23)32)18(29)26-16-8-6-15(13-28)7-9-16/h6-9,14,17,28H,3-5,10-13H2,1-2H3,(H,25,30)(H,26,29)(H,27,31)(H3,23,24,32). The van der Waals surface area contributed by atoms with Crippen LogP contribution >= 0.6 is 0 Å². The molecule has 1 aliphatic rings. The van der Waals surface area contributed by atoms with Gasteiger partial charge in [0.25, 0.3) is 0 Å². The lowest BCUT2D eigenvalue weighted by Crippen LogP contribution is -2.59. The van der Waals surface area contributed by atoms with E-state index in [9.17, 15) is 19.2 Å². The largest absolute Gasteiger partial charge is 0.392 e. The summed E-state index contributed by atoms with van der Waals surface area (Å²) < 4.78 is 0. The topological polar surface area (TPSA) is 163 Å². The normalized spacial score (nSPS) is 15.2. The number of amides is 5. The summed E-state index contributed by atoms with van der Waals surface area (Å²) in [4.78, 5) is 49.6. The van der Waals surface area contributed by atoms with E-state index in [2.05, 4.69) is 21.3 Å². The highest BCUT2D eigenvalue weighted by molar-refractivity contribution is 6.07. The lowest BCUT2D eigenvalue weighted by atomic mass is 9.67. The third-order valence-electron chi connectivity index (χ3n) is 5.49. The zero-order chi connectivity index (χ0) is 23.7. The summed E-state index contributed by atoms with van der Waals surface area (Å²) in [6.45, 7) is 3.79. The van der Waals surface area contributed by atoms with Crippen molar-refractivity contribution in [2.75, 3.05) is 11.9 Å². The SMILES string of the molecule is CC(C)NC(=O)C1(C(=O)NC(CCCNC(N)=O)C(=O)Nc2ccc(CO)cc2)CCC1. The minimum Gasteiger partial charge on any atom is -0.392 e. The molecular weight excluding hydrogens is 414 g/mol. The fourth-order valence-corrected chi connectivity index (χ4v) is 3.49. The highest BCUT2D eigenvalue weighted by atomic mass is 16.3.